The second-order valence-electron chi connectivity index (χ2n) is 8.78. The number of aromatic nitrogens is 2. The number of carbonyl (C=O) groups is 1. The fourth-order valence-electron chi connectivity index (χ4n) is 4.32. The lowest BCUT2D eigenvalue weighted by Crippen LogP contribution is -2.42. The van der Waals surface area contributed by atoms with Gasteiger partial charge in [-0.2, -0.15) is 0 Å². The number of benzene rings is 1. The van der Waals surface area contributed by atoms with Crippen LogP contribution in [0.3, 0.4) is 0 Å². The minimum Gasteiger partial charge on any atom is -0.382 e. The van der Waals surface area contributed by atoms with Crippen LogP contribution in [0, 0.1) is 10.8 Å². The van der Waals surface area contributed by atoms with Gasteiger partial charge in [-0.25, -0.2) is 9.97 Å². The predicted octanol–water partition coefficient (Wildman–Crippen LogP) is 1.50. The van der Waals surface area contributed by atoms with Crippen LogP contribution in [0.4, 0.5) is 17.3 Å². The molecule has 4 rings (SSSR count). The van der Waals surface area contributed by atoms with Gasteiger partial charge in [0.2, 0.25) is 5.91 Å². The number of piperidine rings is 1. The zero-order valence-corrected chi connectivity index (χ0v) is 17.9. The zero-order chi connectivity index (χ0) is 22.2. The maximum Gasteiger partial charge on any atom is 0.248 e. The minimum absolute atomic E-state index is 0.174. The molecule has 0 unspecified atom stereocenters. The molecule has 164 valence electrons. The fraction of sp³-hybridized carbons (Fsp3) is 0.455. The summed E-state index contributed by atoms with van der Waals surface area (Å²) >= 11 is 0. The number of anilines is 3. The van der Waals surface area contributed by atoms with E-state index in [4.69, 9.17) is 22.6 Å². The lowest BCUT2D eigenvalue weighted by atomic mass is 9.80. The Morgan fingerprint density at radius 1 is 1.26 bits per heavy atom. The first-order chi connectivity index (χ1) is 14.8. The molecule has 0 spiro atoms. The normalized spacial score (nSPS) is 17.9. The summed E-state index contributed by atoms with van der Waals surface area (Å²) in [6.45, 7) is 5.30. The Bertz CT molecular complexity index is 1010. The van der Waals surface area contributed by atoms with E-state index in [1.54, 1.807) is 18.3 Å². The number of aryl methyl sites for hydroxylation is 1. The molecule has 1 aromatic carbocycles. The van der Waals surface area contributed by atoms with Crippen LogP contribution in [0.1, 0.15) is 47.8 Å². The smallest absolute Gasteiger partial charge is 0.248 e. The molecule has 1 saturated heterocycles. The highest BCUT2D eigenvalue weighted by Crippen LogP contribution is 2.32. The summed E-state index contributed by atoms with van der Waals surface area (Å²) in [5, 5.41) is 8.75. The number of carbonyl (C=O) groups excluding carboxylic acids is 1. The van der Waals surface area contributed by atoms with Gasteiger partial charge in [-0.1, -0.05) is 6.92 Å². The van der Waals surface area contributed by atoms with Crippen molar-refractivity contribution in [2.75, 3.05) is 41.7 Å². The molecule has 2 aliphatic rings. The summed E-state index contributed by atoms with van der Waals surface area (Å²) in [7, 11) is 0. The van der Waals surface area contributed by atoms with Crippen LogP contribution < -0.4 is 27.0 Å². The van der Waals surface area contributed by atoms with Gasteiger partial charge >= 0.3 is 0 Å². The molecule has 31 heavy (non-hydrogen) atoms. The van der Waals surface area contributed by atoms with Gasteiger partial charge in [0, 0.05) is 30.9 Å². The van der Waals surface area contributed by atoms with E-state index in [1.165, 1.54) is 0 Å². The van der Waals surface area contributed by atoms with Crippen LogP contribution in [-0.4, -0.2) is 47.9 Å². The molecule has 9 nitrogen and oxygen atoms in total. The number of amides is 1. The molecule has 0 radical (unpaired) electrons. The largest absolute Gasteiger partial charge is 0.382 e. The third-order valence-electron chi connectivity index (χ3n) is 6.55. The molecule has 1 aromatic heterocycles. The van der Waals surface area contributed by atoms with Crippen LogP contribution >= 0.6 is 0 Å². The number of nitrogens with two attached hydrogens (primary N) is 3. The average molecular weight is 423 g/mol. The maximum absolute atomic E-state index is 11.5. The number of hydrogen-bond acceptors (Lipinski definition) is 7. The van der Waals surface area contributed by atoms with Gasteiger partial charge in [-0.05, 0) is 61.4 Å². The summed E-state index contributed by atoms with van der Waals surface area (Å²) in [6, 6.07) is 5.33. The summed E-state index contributed by atoms with van der Waals surface area (Å²) in [4.78, 5) is 24.6. The molecule has 2 aromatic rings. The van der Waals surface area contributed by atoms with Crippen LogP contribution in [0.5, 0.6) is 0 Å². The molecule has 7 N–H and O–H groups in total. The van der Waals surface area contributed by atoms with Gasteiger partial charge in [-0.3, -0.25) is 10.2 Å². The zero-order valence-electron chi connectivity index (χ0n) is 17.9. The molecule has 0 bridgehead atoms. The first kappa shape index (κ1) is 21.0. The highest BCUT2D eigenvalue weighted by atomic mass is 16.1. The quantitative estimate of drug-likeness (QED) is 0.430. The van der Waals surface area contributed by atoms with Crippen molar-refractivity contribution < 1.29 is 4.79 Å². The number of primary amides is 1. The van der Waals surface area contributed by atoms with Crippen molar-refractivity contribution >= 4 is 29.1 Å². The van der Waals surface area contributed by atoms with Gasteiger partial charge in [0.1, 0.15) is 11.5 Å². The van der Waals surface area contributed by atoms with E-state index in [1.807, 2.05) is 11.0 Å². The minimum atomic E-state index is -0.454. The third-order valence-corrected chi connectivity index (χ3v) is 6.55. The third kappa shape index (κ3) is 4.05. The summed E-state index contributed by atoms with van der Waals surface area (Å²) < 4.78 is 0. The summed E-state index contributed by atoms with van der Waals surface area (Å²) in [5.74, 6) is 0.734. The lowest BCUT2D eigenvalue weighted by molar-refractivity contribution is 0.1000. The molecule has 3 heterocycles. The Morgan fingerprint density at radius 3 is 2.65 bits per heavy atom. The van der Waals surface area contributed by atoms with Crippen molar-refractivity contribution in [2.45, 2.75) is 32.6 Å². The molecule has 0 saturated carbocycles. The van der Waals surface area contributed by atoms with E-state index in [9.17, 15) is 4.79 Å². The van der Waals surface area contributed by atoms with Crippen molar-refractivity contribution in [1.82, 2.24) is 9.97 Å². The van der Waals surface area contributed by atoms with Crippen molar-refractivity contribution in [1.29, 1.82) is 5.41 Å². The van der Waals surface area contributed by atoms with Crippen molar-refractivity contribution in [3.8, 4) is 0 Å². The number of rotatable bonds is 4. The second-order valence-corrected chi connectivity index (χ2v) is 8.78. The van der Waals surface area contributed by atoms with Gasteiger partial charge < -0.3 is 27.0 Å². The number of nitrogen functional groups attached to an aromatic ring is 1. The average Bonchev–Trinajstić information content (AvgIpc) is 2.78. The molecular weight excluding hydrogens is 392 g/mol. The van der Waals surface area contributed by atoms with Crippen LogP contribution in [-0.2, 0) is 6.42 Å². The molecular formula is C22H30N8O. The Morgan fingerprint density at radius 2 is 2.00 bits per heavy atom. The Balaban J connectivity index is 1.55. The van der Waals surface area contributed by atoms with Crippen molar-refractivity contribution in [2.24, 2.45) is 16.9 Å². The van der Waals surface area contributed by atoms with E-state index >= 15 is 0 Å². The highest BCUT2D eigenvalue weighted by Gasteiger charge is 2.30. The van der Waals surface area contributed by atoms with Crippen molar-refractivity contribution in [3.05, 3.63) is 41.2 Å². The van der Waals surface area contributed by atoms with E-state index in [0.29, 0.717) is 24.3 Å². The first-order valence-electron chi connectivity index (χ1n) is 10.7. The number of nitrogens with zero attached hydrogens (tertiary/aromatic N) is 4. The Kier molecular flexibility index (Phi) is 5.53. The first-order valence-corrected chi connectivity index (χ1v) is 10.7. The predicted molar refractivity (Wildman–Crippen MR) is 123 cm³/mol. The van der Waals surface area contributed by atoms with E-state index in [2.05, 4.69) is 21.8 Å². The highest BCUT2D eigenvalue weighted by molar-refractivity contribution is 6.10. The van der Waals surface area contributed by atoms with Gasteiger partial charge in [-0.15, -0.1) is 0 Å². The van der Waals surface area contributed by atoms with Crippen molar-refractivity contribution in [3.63, 3.8) is 0 Å². The monoisotopic (exact) mass is 422 g/mol. The second kappa shape index (κ2) is 8.14. The molecule has 9 heteroatoms. The summed E-state index contributed by atoms with van der Waals surface area (Å²) in [5.41, 5.74) is 20.5. The fourth-order valence-corrected chi connectivity index (χ4v) is 4.32. The van der Waals surface area contributed by atoms with Gasteiger partial charge in [0.05, 0.1) is 6.20 Å². The molecule has 1 fully saturated rings. The molecule has 0 atom stereocenters. The van der Waals surface area contributed by atoms with E-state index in [0.717, 1.165) is 55.8 Å². The van der Waals surface area contributed by atoms with Gasteiger partial charge in [0.25, 0.3) is 0 Å². The molecule has 1 amide bonds. The molecule has 0 aliphatic carbocycles. The van der Waals surface area contributed by atoms with E-state index in [-0.39, 0.29) is 17.1 Å². The standard InChI is InChI=1S/C22H30N8O/c1-22(13-23)6-9-29(10-7-22)17-12-27-18(19(24)28-17)20(25)30-8-2-3-14-11-15(21(26)31)4-5-16(14)30/h4-5,11-12,25H,2-3,6-10,13,23H2,1H3,(H2,24,28)(H2,26,31). The number of hydrogen-bond donors (Lipinski definition) is 4. The van der Waals surface area contributed by atoms with Crippen LogP contribution in [0.15, 0.2) is 24.4 Å². The number of nitrogens with one attached hydrogen (secondary N) is 1. The maximum atomic E-state index is 11.5. The molecule has 2 aliphatic heterocycles. The summed E-state index contributed by atoms with van der Waals surface area (Å²) in [6.07, 6.45) is 5.39. The Hall–Kier alpha value is -3.20. The van der Waals surface area contributed by atoms with Crippen LogP contribution in [0.25, 0.3) is 0 Å². The van der Waals surface area contributed by atoms with Gasteiger partial charge in [0.15, 0.2) is 11.7 Å². The van der Waals surface area contributed by atoms with E-state index < -0.39 is 5.91 Å². The SMILES string of the molecule is CC1(CN)CCN(c2cnc(C(=N)N3CCCc4cc(C(N)=O)ccc43)c(N)n2)CC1. The number of fused-ring (bicyclic) bond motifs is 1. The Labute approximate surface area is 182 Å². The number of amidine groups is 1. The van der Waals surface area contributed by atoms with Crippen LogP contribution in [0.2, 0.25) is 0 Å². The lowest BCUT2D eigenvalue weighted by Gasteiger charge is -2.39. The topological polar surface area (TPSA) is 151 Å².